The number of carbonyl (C=O) groups is 2. The number of hydrogen-bond acceptors (Lipinski definition) is 4. The Kier molecular flexibility index (Phi) is 5.62. The molecule has 1 aromatic rings. The smallest absolute Gasteiger partial charge is 0.326 e. The van der Waals surface area contributed by atoms with Crippen LogP contribution in [-0.2, 0) is 26.0 Å². The van der Waals surface area contributed by atoms with Crippen molar-refractivity contribution in [3.05, 3.63) is 29.8 Å². The third-order valence-electron chi connectivity index (χ3n) is 5.11. The van der Waals surface area contributed by atoms with Gasteiger partial charge < -0.3 is 10.0 Å². The lowest BCUT2D eigenvalue weighted by Crippen LogP contribution is -2.40. The fourth-order valence-corrected chi connectivity index (χ4v) is 5.14. The molecule has 0 aromatic heterocycles. The van der Waals surface area contributed by atoms with Crippen LogP contribution in [0, 0.1) is 0 Å². The highest BCUT2D eigenvalue weighted by molar-refractivity contribution is 7.89. The van der Waals surface area contributed by atoms with Crippen LogP contribution in [0.3, 0.4) is 0 Å². The first-order valence-corrected chi connectivity index (χ1v) is 10.4. The minimum Gasteiger partial charge on any atom is -0.480 e. The number of carboxylic acids is 1. The van der Waals surface area contributed by atoms with Gasteiger partial charge in [0, 0.05) is 26.1 Å². The third-order valence-corrected chi connectivity index (χ3v) is 7.02. The zero-order valence-electron chi connectivity index (χ0n) is 14.6. The number of likely N-dealkylation sites (tertiary alicyclic amines) is 1. The van der Waals surface area contributed by atoms with Gasteiger partial charge in [-0.15, -0.1) is 0 Å². The molecule has 1 aromatic carbocycles. The van der Waals surface area contributed by atoms with Crippen LogP contribution >= 0.6 is 0 Å². The van der Waals surface area contributed by atoms with Crippen LogP contribution in [0.2, 0.25) is 0 Å². The molecule has 1 N–H and O–H groups in total. The first-order chi connectivity index (χ1) is 12.4. The van der Waals surface area contributed by atoms with Gasteiger partial charge in [0.25, 0.3) is 0 Å². The average molecular weight is 380 g/mol. The summed E-state index contributed by atoms with van der Waals surface area (Å²) in [4.78, 5) is 25.2. The lowest BCUT2D eigenvalue weighted by atomic mass is 10.1. The Bertz CT molecular complexity index is 769. The summed E-state index contributed by atoms with van der Waals surface area (Å²) in [6.45, 7) is 1.63. The number of aryl methyl sites for hydroxylation is 1. The number of nitrogens with zero attached hydrogens (tertiary/aromatic N) is 2. The van der Waals surface area contributed by atoms with Gasteiger partial charge in [-0.2, -0.15) is 4.31 Å². The second-order valence-corrected chi connectivity index (χ2v) is 8.78. The van der Waals surface area contributed by atoms with Crippen LogP contribution in [-0.4, -0.2) is 60.3 Å². The van der Waals surface area contributed by atoms with Gasteiger partial charge in [-0.1, -0.05) is 12.1 Å². The van der Waals surface area contributed by atoms with Crippen molar-refractivity contribution in [1.82, 2.24) is 9.21 Å². The van der Waals surface area contributed by atoms with Crippen LogP contribution in [0.5, 0.6) is 0 Å². The van der Waals surface area contributed by atoms with Gasteiger partial charge in [0.05, 0.1) is 4.90 Å². The maximum Gasteiger partial charge on any atom is 0.326 e. The summed E-state index contributed by atoms with van der Waals surface area (Å²) >= 11 is 0. The Morgan fingerprint density at radius 2 is 1.69 bits per heavy atom. The zero-order chi connectivity index (χ0) is 18.7. The highest BCUT2D eigenvalue weighted by Gasteiger charge is 2.33. The molecule has 2 heterocycles. The summed E-state index contributed by atoms with van der Waals surface area (Å²) in [7, 11) is -3.42. The predicted octanol–water partition coefficient (Wildman–Crippen LogP) is 1.48. The molecule has 0 radical (unpaired) electrons. The molecule has 26 heavy (non-hydrogen) atoms. The summed E-state index contributed by atoms with van der Waals surface area (Å²) in [5.41, 5.74) is 0.866. The summed E-state index contributed by atoms with van der Waals surface area (Å²) < 4.78 is 26.5. The number of amides is 1. The molecule has 0 saturated carbocycles. The van der Waals surface area contributed by atoms with Crippen LogP contribution in [0.15, 0.2) is 29.2 Å². The molecule has 0 aliphatic carbocycles. The standard InChI is InChI=1S/C18H24N2O5S/c21-17(20-13-3-4-16(20)18(22)23)10-7-14-5-8-15(9-6-14)26(24,25)19-11-1-2-12-19/h5-6,8-9,16H,1-4,7,10-13H2,(H,22,23)/t16-/m1/s1. The molecule has 2 aliphatic rings. The Morgan fingerprint density at radius 1 is 1.04 bits per heavy atom. The van der Waals surface area contributed by atoms with E-state index in [0.717, 1.165) is 18.4 Å². The van der Waals surface area contributed by atoms with Gasteiger partial charge in [0.1, 0.15) is 6.04 Å². The predicted molar refractivity (Wildman–Crippen MR) is 95.1 cm³/mol. The largest absolute Gasteiger partial charge is 0.480 e. The summed E-state index contributed by atoms with van der Waals surface area (Å²) in [6, 6.07) is 5.92. The molecule has 142 valence electrons. The van der Waals surface area contributed by atoms with E-state index in [1.165, 1.54) is 9.21 Å². The van der Waals surface area contributed by atoms with E-state index in [-0.39, 0.29) is 17.2 Å². The number of carboxylic acid groups (broad SMARTS) is 1. The normalized spacial score (nSPS) is 21.2. The van der Waals surface area contributed by atoms with Crippen molar-refractivity contribution in [2.24, 2.45) is 0 Å². The van der Waals surface area contributed by atoms with Crippen LogP contribution in [0.25, 0.3) is 0 Å². The number of benzene rings is 1. The molecular weight excluding hydrogens is 356 g/mol. The van der Waals surface area contributed by atoms with E-state index in [1.807, 2.05) is 0 Å². The second-order valence-electron chi connectivity index (χ2n) is 6.84. The molecule has 0 bridgehead atoms. The van der Waals surface area contributed by atoms with Gasteiger partial charge in [-0.3, -0.25) is 4.79 Å². The van der Waals surface area contributed by atoms with Gasteiger partial charge in [-0.05, 0) is 49.8 Å². The molecule has 0 spiro atoms. The zero-order valence-corrected chi connectivity index (χ0v) is 15.5. The first-order valence-electron chi connectivity index (χ1n) is 9.01. The van der Waals surface area contributed by atoms with Crippen LogP contribution in [0.4, 0.5) is 0 Å². The SMILES string of the molecule is O=C(O)[C@H]1CCCN1C(=O)CCc1ccc(S(=O)(=O)N2CCCC2)cc1. The van der Waals surface area contributed by atoms with Crippen molar-refractivity contribution < 1.29 is 23.1 Å². The molecule has 0 unspecified atom stereocenters. The number of aliphatic carboxylic acids is 1. The third kappa shape index (κ3) is 3.91. The molecule has 3 rings (SSSR count). The fraction of sp³-hybridized carbons (Fsp3) is 0.556. The van der Waals surface area contributed by atoms with Crippen molar-refractivity contribution in [2.45, 2.75) is 49.5 Å². The average Bonchev–Trinajstić information content (AvgIpc) is 3.31. The lowest BCUT2D eigenvalue weighted by Gasteiger charge is -2.21. The van der Waals surface area contributed by atoms with E-state index in [0.29, 0.717) is 38.9 Å². The first kappa shape index (κ1) is 18.8. The molecule has 1 amide bonds. The quantitative estimate of drug-likeness (QED) is 0.807. The Labute approximate surface area is 153 Å². The van der Waals surface area contributed by atoms with Crippen molar-refractivity contribution in [2.75, 3.05) is 19.6 Å². The number of hydrogen-bond donors (Lipinski definition) is 1. The minimum absolute atomic E-state index is 0.163. The lowest BCUT2D eigenvalue weighted by molar-refractivity contribution is -0.148. The van der Waals surface area contributed by atoms with E-state index in [1.54, 1.807) is 24.3 Å². The van der Waals surface area contributed by atoms with E-state index >= 15 is 0 Å². The molecule has 2 fully saturated rings. The molecule has 8 heteroatoms. The van der Waals surface area contributed by atoms with E-state index in [9.17, 15) is 18.0 Å². The highest BCUT2D eigenvalue weighted by Crippen LogP contribution is 2.22. The Hall–Kier alpha value is -1.93. The molecule has 7 nitrogen and oxygen atoms in total. The van der Waals surface area contributed by atoms with Crippen molar-refractivity contribution in [3.8, 4) is 0 Å². The summed E-state index contributed by atoms with van der Waals surface area (Å²) in [6.07, 6.45) is 3.70. The molecular formula is C18H24N2O5S. The van der Waals surface area contributed by atoms with Gasteiger partial charge in [0.15, 0.2) is 0 Å². The highest BCUT2D eigenvalue weighted by atomic mass is 32.2. The topological polar surface area (TPSA) is 95.0 Å². The molecule has 2 aliphatic heterocycles. The van der Waals surface area contributed by atoms with Crippen molar-refractivity contribution >= 4 is 21.9 Å². The number of carbonyl (C=O) groups excluding carboxylic acids is 1. The van der Waals surface area contributed by atoms with Gasteiger partial charge in [0.2, 0.25) is 15.9 Å². The van der Waals surface area contributed by atoms with Gasteiger partial charge >= 0.3 is 5.97 Å². The Balaban J connectivity index is 1.59. The van der Waals surface area contributed by atoms with Crippen molar-refractivity contribution in [3.63, 3.8) is 0 Å². The van der Waals surface area contributed by atoms with Crippen LogP contribution in [0.1, 0.15) is 37.7 Å². The fourth-order valence-electron chi connectivity index (χ4n) is 3.62. The van der Waals surface area contributed by atoms with Crippen molar-refractivity contribution in [1.29, 1.82) is 0 Å². The van der Waals surface area contributed by atoms with Crippen LogP contribution < -0.4 is 0 Å². The minimum atomic E-state index is -3.42. The second kappa shape index (κ2) is 7.75. The summed E-state index contributed by atoms with van der Waals surface area (Å²) in [5, 5.41) is 9.16. The van der Waals surface area contributed by atoms with E-state index < -0.39 is 22.0 Å². The monoisotopic (exact) mass is 380 g/mol. The van der Waals surface area contributed by atoms with Gasteiger partial charge in [-0.25, -0.2) is 13.2 Å². The molecule has 2 saturated heterocycles. The number of sulfonamides is 1. The summed E-state index contributed by atoms with van der Waals surface area (Å²) in [5.74, 6) is -1.11. The molecule has 1 atom stereocenters. The maximum absolute atomic E-state index is 12.5. The van der Waals surface area contributed by atoms with E-state index in [2.05, 4.69) is 0 Å². The maximum atomic E-state index is 12.5. The van der Waals surface area contributed by atoms with E-state index in [4.69, 9.17) is 5.11 Å². The number of rotatable bonds is 6. The Morgan fingerprint density at radius 3 is 2.31 bits per heavy atom.